The smallest absolute Gasteiger partial charge is 0.277 e. The third-order valence-corrected chi connectivity index (χ3v) is 4.55. The van der Waals surface area contributed by atoms with Crippen molar-refractivity contribution in [1.82, 2.24) is 14.5 Å². The van der Waals surface area contributed by atoms with Gasteiger partial charge in [-0.1, -0.05) is 0 Å². The van der Waals surface area contributed by atoms with Crippen molar-refractivity contribution in [2.24, 2.45) is 7.05 Å². The Labute approximate surface area is 126 Å². The highest BCUT2D eigenvalue weighted by atomic mass is 32.1. The molecule has 0 spiro atoms. The Morgan fingerprint density at radius 2 is 2.19 bits per heavy atom. The van der Waals surface area contributed by atoms with Gasteiger partial charge in [0.25, 0.3) is 11.5 Å². The minimum atomic E-state index is -0.233. The monoisotopic (exact) mass is 304 g/mol. The topological polar surface area (TPSA) is 68.1 Å². The number of fused-ring (bicyclic) bond motifs is 1. The molecule has 21 heavy (non-hydrogen) atoms. The Hall–Kier alpha value is -2.02. The van der Waals surface area contributed by atoms with Crippen LogP contribution in [0, 0.1) is 6.92 Å². The lowest BCUT2D eigenvalue weighted by atomic mass is 10.2. The zero-order chi connectivity index (χ0) is 15.0. The van der Waals surface area contributed by atoms with Crippen molar-refractivity contribution in [2.45, 2.75) is 26.2 Å². The maximum Gasteiger partial charge on any atom is 0.277 e. The summed E-state index contributed by atoms with van der Waals surface area (Å²) in [5.74, 6) is -0.223. The number of aryl methyl sites for hydroxylation is 3. The summed E-state index contributed by atoms with van der Waals surface area (Å²) in [7, 11) is 1.61. The molecule has 0 unspecified atom stereocenters. The molecule has 3 heterocycles. The van der Waals surface area contributed by atoms with Crippen LogP contribution in [-0.4, -0.2) is 27.0 Å². The Balaban J connectivity index is 2.00. The van der Waals surface area contributed by atoms with E-state index in [0.29, 0.717) is 6.54 Å². The number of aromatic nitrogens is 3. The highest BCUT2D eigenvalue weighted by molar-refractivity contribution is 7.16. The van der Waals surface area contributed by atoms with Gasteiger partial charge in [-0.3, -0.25) is 14.5 Å². The third kappa shape index (κ3) is 2.61. The predicted octanol–water partition coefficient (Wildman–Crippen LogP) is 1.53. The normalized spacial score (nSPS) is 14.7. The second-order valence-electron chi connectivity index (χ2n) is 5.12. The molecule has 0 saturated heterocycles. The maximum atomic E-state index is 12.7. The quantitative estimate of drug-likeness (QED) is 0.801. The van der Waals surface area contributed by atoms with Crippen LogP contribution in [0.2, 0.25) is 0 Å². The van der Waals surface area contributed by atoms with E-state index in [4.69, 9.17) is 0 Å². The van der Waals surface area contributed by atoms with Gasteiger partial charge in [-0.25, -0.2) is 9.97 Å². The molecule has 110 valence electrons. The number of carbonyl (C=O) groups is 1. The molecule has 0 N–H and O–H groups in total. The van der Waals surface area contributed by atoms with Gasteiger partial charge >= 0.3 is 0 Å². The van der Waals surface area contributed by atoms with Gasteiger partial charge in [0.1, 0.15) is 10.7 Å². The predicted molar refractivity (Wildman–Crippen MR) is 80.9 cm³/mol. The second-order valence-corrected chi connectivity index (χ2v) is 6.30. The summed E-state index contributed by atoms with van der Waals surface area (Å²) in [5, 5.41) is 1.86. The van der Waals surface area contributed by atoms with Crippen LogP contribution in [0.25, 0.3) is 0 Å². The van der Waals surface area contributed by atoms with Gasteiger partial charge in [0.05, 0.1) is 17.0 Å². The molecule has 0 fully saturated rings. The van der Waals surface area contributed by atoms with Gasteiger partial charge in [0.2, 0.25) is 0 Å². The van der Waals surface area contributed by atoms with E-state index in [9.17, 15) is 9.59 Å². The lowest BCUT2D eigenvalue weighted by molar-refractivity contribution is 0.0982. The lowest BCUT2D eigenvalue weighted by Crippen LogP contribution is -2.33. The van der Waals surface area contributed by atoms with Crippen LogP contribution in [0.3, 0.4) is 0 Å². The van der Waals surface area contributed by atoms with Gasteiger partial charge in [0.15, 0.2) is 0 Å². The second kappa shape index (κ2) is 5.40. The van der Waals surface area contributed by atoms with Gasteiger partial charge in [-0.2, -0.15) is 0 Å². The fraction of sp³-hybridized carbons (Fsp3) is 0.429. The van der Waals surface area contributed by atoms with Crippen LogP contribution in [0.15, 0.2) is 17.2 Å². The van der Waals surface area contributed by atoms with Crippen molar-refractivity contribution in [3.05, 3.63) is 39.1 Å². The Kier molecular flexibility index (Phi) is 3.59. The van der Waals surface area contributed by atoms with Crippen LogP contribution in [0.4, 0.5) is 5.00 Å². The summed E-state index contributed by atoms with van der Waals surface area (Å²) < 4.78 is 1.35. The van der Waals surface area contributed by atoms with E-state index in [-0.39, 0.29) is 17.2 Å². The van der Waals surface area contributed by atoms with E-state index < -0.39 is 0 Å². The summed E-state index contributed by atoms with van der Waals surface area (Å²) >= 11 is 1.52. The lowest BCUT2D eigenvalue weighted by Gasteiger charge is -2.19. The van der Waals surface area contributed by atoms with Crippen LogP contribution < -0.4 is 10.5 Å². The molecule has 0 aromatic carbocycles. The van der Waals surface area contributed by atoms with Crippen molar-refractivity contribution < 1.29 is 4.79 Å². The van der Waals surface area contributed by atoms with Crippen molar-refractivity contribution in [1.29, 1.82) is 0 Å². The summed E-state index contributed by atoms with van der Waals surface area (Å²) in [6.07, 6.45) is 4.22. The molecule has 3 rings (SSSR count). The molecule has 0 atom stereocenters. The van der Waals surface area contributed by atoms with Crippen molar-refractivity contribution in [3.63, 3.8) is 0 Å². The van der Waals surface area contributed by atoms with Gasteiger partial charge in [-0.05, 0) is 26.2 Å². The average molecular weight is 304 g/mol. The minimum absolute atomic E-state index is 0.192. The van der Waals surface area contributed by atoms with Crippen molar-refractivity contribution in [2.75, 3.05) is 11.4 Å². The van der Waals surface area contributed by atoms with Crippen LogP contribution in [-0.2, 0) is 13.5 Å². The molecule has 7 heteroatoms. The van der Waals surface area contributed by atoms with Crippen LogP contribution in [0.1, 0.15) is 34.0 Å². The van der Waals surface area contributed by atoms with E-state index in [0.717, 1.165) is 35.0 Å². The molecular weight excluding hydrogens is 288 g/mol. The van der Waals surface area contributed by atoms with Crippen molar-refractivity contribution in [3.8, 4) is 0 Å². The van der Waals surface area contributed by atoms with Crippen LogP contribution in [0.5, 0.6) is 0 Å². The molecule has 0 radical (unpaired) electrons. The highest BCUT2D eigenvalue weighted by Gasteiger charge is 2.26. The largest absolute Gasteiger partial charge is 0.302 e. The fourth-order valence-corrected chi connectivity index (χ4v) is 3.39. The van der Waals surface area contributed by atoms with Gasteiger partial charge in [0, 0.05) is 19.7 Å². The number of rotatable bonds is 1. The standard InChI is InChI=1S/C14H16N4O2S/c1-9-16-10-5-3-4-6-18(14(10)21-9)13(20)11-7-12(19)17(2)8-15-11/h7-8H,3-6H2,1-2H3. The molecule has 1 amide bonds. The Morgan fingerprint density at radius 3 is 2.95 bits per heavy atom. The molecule has 6 nitrogen and oxygen atoms in total. The molecule has 2 aromatic rings. The van der Waals surface area contributed by atoms with E-state index >= 15 is 0 Å². The number of carbonyl (C=O) groups excluding carboxylic acids is 1. The summed E-state index contributed by atoms with van der Waals surface area (Å²) in [5.41, 5.74) is 0.938. The van der Waals surface area contributed by atoms with E-state index in [1.54, 1.807) is 11.9 Å². The number of anilines is 1. The van der Waals surface area contributed by atoms with E-state index in [1.165, 1.54) is 28.3 Å². The maximum absolute atomic E-state index is 12.7. The summed E-state index contributed by atoms with van der Waals surface area (Å²) in [6, 6.07) is 1.29. The van der Waals surface area contributed by atoms with E-state index in [1.807, 2.05) is 6.92 Å². The van der Waals surface area contributed by atoms with Gasteiger partial charge < -0.3 is 4.57 Å². The van der Waals surface area contributed by atoms with Crippen molar-refractivity contribution >= 4 is 22.2 Å². The summed E-state index contributed by atoms with van der Waals surface area (Å²) in [4.78, 5) is 34.7. The van der Waals surface area contributed by atoms with E-state index in [2.05, 4.69) is 9.97 Å². The number of nitrogens with zero attached hydrogens (tertiary/aromatic N) is 4. The first-order valence-electron chi connectivity index (χ1n) is 6.87. The molecule has 2 aromatic heterocycles. The number of amides is 1. The fourth-order valence-electron chi connectivity index (χ4n) is 2.41. The Bertz CT molecular complexity index is 750. The molecule has 1 aliphatic rings. The average Bonchev–Trinajstić information content (AvgIpc) is 2.71. The molecule has 1 aliphatic heterocycles. The zero-order valence-electron chi connectivity index (χ0n) is 12.0. The third-order valence-electron chi connectivity index (χ3n) is 3.52. The number of hydrogen-bond donors (Lipinski definition) is 0. The molecular formula is C14H16N4O2S. The SMILES string of the molecule is Cc1nc2c(s1)N(C(=O)c1cc(=O)n(C)cn1)CCCC2. The molecule has 0 bridgehead atoms. The minimum Gasteiger partial charge on any atom is -0.302 e. The van der Waals surface area contributed by atoms with Gasteiger partial charge in [-0.15, -0.1) is 11.3 Å². The molecule has 0 saturated carbocycles. The zero-order valence-corrected chi connectivity index (χ0v) is 12.8. The summed E-state index contributed by atoms with van der Waals surface area (Å²) in [6.45, 7) is 2.59. The molecule has 0 aliphatic carbocycles. The number of hydrogen-bond acceptors (Lipinski definition) is 5. The first kappa shape index (κ1) is 13.9. The highest BCUT2D eigenvalue weighted by Crippen LogP contribution is 2.32. The first-order chi connectivity index (χ1) is 10.1. The number of thiazole rings is 1. The van der Waals surface area contributed by atoms with Crippen LogP contribution >= 0.6 is 11.3 Å². The first-order valence-corrected chi connectivity index (χ1v) is 7.69. The Morgan fingerprint density at radius 1 is 1.38 bits per heavy atom.